The van der Waals surface area contributed by atoms with E-state index in [2.05, 4.69) is 5.32 Å². The molecule has 0 unspecified atom stereocenters. The first-order chi connectivity index (χ1) is 7.75. The molecule has 88 valence electrons. The van der Waals surface area contributed by atoms with E-state index in [1.54, 1.807) is 12.1 Å². The molecule has 1 aliphatic rings. The largest absolute Gasteiger partial charge is 0.317 e. The highest BCUT2D eigenvalue weighted by molar-refractivity contribution is 5.24. The molecule has 1 aromatic carbocycles. The molecule has 1 saturated heterocycles. The Hall–Kier alpha value is -0.960. The smallest absolute Gasteiger partial charge is 0.263 e. The lowest BCUT2D eigenvalue weighted by Crippen LogP contribution is -2.28. The minimum absolute atomic E-state index is 0.145. The Morgan fingerprint density at radius 3 is 2.69 bits per heavy atom. The maximum absolute atomic E-state index is 12.5. The van der Waals surface area contributed by atoms with Gasteiger partial charge in [0.1, 0.15) is 0 Å². The average Bonchev–Trinajstić information content (AvgIpc) is 2.30. The molecule has 0 atom stereocenters. The number of hydrogen-bond donors (Lipinski definition) is 1. The van der Waals surface area contributed by atoms with Gasteiger partial charge in [-0.15, -0.1) is 0 Å². The summed E-state index contributed by atoms with van der Waals surface area (Å²) in [5.41, 5.74) is 1.19. The van der Waals surface area contributed by atoms with E-state index in [-0.39, 0.29) is 5.56 Å². The summed E-state index contributed by atoms with van der Waals surface area (Å²) in [6.45, 7) is 2.11. The van der Waals surface area contributed by atoms with Crippen molar-refractivity contribution in [2.75, 3.05) is 13.1 Å². The predicted molar refractivity (Wildman–Crippen MR) is 60.7 cm³/mol. The Bertz CT molecular complexity index is 332. The molecule has 0 saturated carbocycles. The summed E-state index contributed by atoms with van der Waals surface area (Å²) in [5, 5.41) is 3.31. The standard InChI is InChI=1S/C13H17F2N/c14-13(15)12-3-1-2-11(9-12)8-10-4-6-16-7-5-10/h1-3,9-10,13,16H,4-8H2. The molecule has 0 aliphatic carbocycles. The molecule has 0 bridgehead atoms. The average molecular weight is 225 g/mol. The Kier molecular flexibility index (Phi) is 3.88. The van der Waals surface area contributed by atoms with E-state index in [0.29, 0.717) is 5.92 Å². The van der Waals surface area contributed by atoms with E-state index in [4.69, 9.17) is 0 Å². The van der Waals surface area contributed by atoms with Gasteiger partial charge in [-0.25, -0.2) is 8.78 Å². The van der Waals surface area contributed by atoms with Crippen molar-refractivity contribution in [1.29, 1.82) is 0 Å². The third-order valence-corrected chi connectivity index (χ3v) is 3.19. The van der Waals surface area contributed by atoms with Gasteiger partial charge < -0.3 is 5.32 Å². The molecule has 3 heteroatoms. The van der Waals surface area contributed by atoms with Gasteiger partial charge in [0.05, 0.1) is 0 Å². The fourth-order valence-corrected chi connectivity index (χ4v) is 2.27. The van der Waals surface area contributed by atoms with Gasteiger partial charge in [-0.05, 0) is 43.8 Å². The first-order valence-electron chi connectivity index (χ1n) is 5.83. The number of benzene rings is 1. The number of piperidine rings is 1. The van der Waals surface area contributed by atoms with Crippen LogP contribution >= 0.6 is 0 Å². The second-order valence-electron chi connectivity index (χ2n) is 4.44. The minimum atomic E-state index is -2.35. The number of rotatable bonds is 3. The van der Waals surface area contributed by atoms with E-state index >= 15 is 0 Å². The summed E-state index contributed by atoms with van der Waals surface area (Å²) in [4.78, 5) is 0. The lowest BCUT2D eigenvalue weighted by molar-refractivity contribution is 0.151. The third-order valence-electron chi connectivity index (χ3n) is 3.19. The van der Waals surface area contributed by atoms with Gasteiger partial charge in [-0.2, -0.15) is 0 Å². The van der Waals surface area contributed by atoms with Gasteiger partial charge in [0.25, 0.3) is 6.43 Å². The molecule has 0 radical (unpaired) electrons. The molecule has 1 aromatic rings. The molecule has 16 heavy (non-hydrogen) atoms. The van der Waals surface area contributed by atoms with Gasteiger partial charge in [0.15, 0.2) is 0 Å². The number of halogens is 2. The van der Waals surface area contributed by atoms with Gasteiger partial charge in [0, 0.05) is 5.56 Å². The van der Waals surface area contributed by atoms with E-state index in [0.717, 1.165) is 37.9 Å². The van der Waals surface area contributed by atoms with Crippen molar-refractivity contribution in [2.24, 2.45) is 5.92 Å². The zero-order valence-corrected chi connectivity index (χ0v) is 9.26. The maximum Gasteiger partial charge on any atom is 0.263 e. The number of alkyl halides is 2. The molecular weight excluding hydrogens is 208 g/mol. The van der Waals surface area contributed by atoms with Gasteiger partial charge >= 0.3 is 0 Å². The van der Waals surface area contributed by atoms with E-state index in [9.17, 15) is 8.78 Å². The van der Waals surface area contributed by atoms with Gasteiger partial charge in [0.2, 0.25) is 0 Å². The summed E-state index contributed by atoms with van der Waals surface area (Å²) < 4.78 is 25.0. The van der Waals surface area contributed by atoms with Crippen molar-refractivity contribution >= 4 is 0 Å². The van der Waals surface area contributed by atoms with E-state index < -0.39 is 6.43 Å². The first kappa shape index (κ1) is 11.5. The van der Waals surface area contributed by atoms with Crippen LogP contribution in [0.1, 0.15) is 30.4 Å². The van der Waals surface area contributed by atoms with Crippen LogP contribution in [0.2, 0.25) is 0 Å². The van der Waals surface area contributed by atoms with E-state index in [1.165, 1.54) is 6.07 Å². The van der Waals surface area contributed by atoms with Crippen LogP contribution in [0.5, 0.6) is 0 Å². The van der Waals surface area contributed by atoms with Crippen LogP contribution in [0, 0.1) is 5.92 Å². The quantitative estimate of drug-likeness (QED) is 0.833. The van der Waals surface area contributed by atoms with Crippen molar-refractivity contribution in [3.63, 3.8) is 0 Å². The third kappa shape index (κ3) is 3.01. The molecule has 2 rings (SSSR count). The molecule has 0 spiro atoms. The van der Waals surface area contributed by atoms with Gasteiger partial charge in [-0.1, -0.05) is 24.3 Å². The van der Waals surface area contributed by atoms with Crippen LogP contribution in [-0.4, -0.2) is 13.1 Å². The van der Waals surface area contributed by atoms with Crippen LogP contribution in [0.4, 0.5) is 8.78 Å². The molecule has 0 amide bonds. The first-order valence-corrected chi connectivity index (χ1v) is 5.83. The second-order valence-corrected chi connectivity index (χ2v) is 4.44. The van der Waals surface area contributed by atoms with E-state index in [1.807, 2.05) is 6.07 Å². The Balaban J connectivity index is 2.00. The minimum Gasteiger partial charge on any atom is -0.317 e. The zero-order chi connectivity index (χ0) is 11.4. The highest BCUT2D eigenvalue weighted by atomic mass is 19.3. The summed E-state index contributed by atoms with van der Waals surface area (Å²) >= 11 is 0. The van der Waals surface area contributed by atoms with Crippen LogP contribution in [0.25, 0.3) is 0 Å². The maximum atomic E-state index is 12.5. The number of hydrogen-bond acceptors (Lipinski definition) is 1. The monoisotopic (exact) mass is 225 g/mol. The van der Waals surface area contributed by atoms with Crippen molar-refractivity contribution in [3.05, 3.63) is 35.4 Å². The highest BCUT2D eigenvalue weighted by Gasteiger charge is 2.14. The summed E-state index contributed by atoms with van der Waals surface area (Å²) in [7, 11) is 0. The lowest BCUT2D eigenvalue weighted by Gasteiger charge is -2.22. The molecule has 1 fully saturated rings. The molecule has 0 aromatic heterocycles. The van der Waals surface area contributed by atoms with Crippen LogP contribution < -0.4 is 5.32 Å². The van der Waals surface area contributed by atoms with Crippen molar-refractivity contribution in [2.45, 2.75) is 25.7 Å². The molecule has 1 aliphatic heterocycles. The zero-order valence-electron chi connectivity index (χ0n) is 9.26. The predicted octanol–water partition coefficient (Wildman–Crippen LogP) is 3.17. The Morgan fingerprint density at radius 1 is 1.25 bits per heavy atom. The fourth-order valence-electron chi connectivity index (χ4n) is 2.27. The van der Waals surface area contributed by atoms with Crippen LogP contribution in [0.3, 0.4) is 0 Å². The Labute approximate surface area is 94.9 Å². The Morgan fingerprint density at radius 2 is 2.00 bits per heavy atom. The van der Waals surface area contributed by atoms with Crippen LogP contribution in [0.15, 0.2) is 24.3 Å². The second kappa shape index (κ2) is 5.39. The fraction of sp³-hybridized carbons (Fsp3) is 0.538. The summed E-state index contributed by atoms with van der Waals surface area (Å²) in [6.07, 6.45) is 0.882. The lowest BCUT2D eigenvalue weighted by atomic mass is 9.90. The molecule has 1 N–H and O–H groups in total. The van der Waals surface area contributed by atoms with Crippen molar-refractivity contribution < 1.29 is 8.78 Å². The summed E-state index contributed by atoms with van der Waals surface area (Å²) in [5.74, 6) is 0.647. The highest BCUT2D eigenvalue weighted by Crippen LogP contribution is 2.23. The van der Waals surface area contributed by atoms with Gasteiger partial charge in [-0.3, -0.25) is 0 Å². The topological polar surface area (TPSA) is 12.0 Å². The van der Waals surface area contributed by atoms with Crippen molar-refractivity contribution in [1.82, 2.24) is 5.32 Å². The SMILES string of the molecule is FC(F)c1cccc(CC2CCNCC2)c1. The summed E-state index contributed by atoms with van der Waals surface area (Å²) in [6, 6.07) is 6.83. The molecule has 1 nitrogen and oxygen atoms in total. The molecular formula is C13H17F2N. The van der Waals surface area contributed by atoms with Crippen molar-refractivity contribution in [3.8, 4) is 0 Å². The molecule has 1 heterocycles. The van der Waals surface area contributed by atoms with Crippen LogP contribution in [-0.2, 0) is 6.42 Å². The number of nitrogens with one attached hydrogen (secondary N) is 1. The normalized spacial score (nSPS) is 17.9.